The Morgan fingerprint density at radius 2 is 1.83 bits per heavy atom. The summed E-state index contributed by atoms with van der Waals surface area (Å²) in [5.41, 5.74) is 0.797. The van der Waals surface area contributed by atoms with Crippen molar-refractivity contribution >= 4 is 14.0 Å². The van der Waals surface area contributed by atoms with Crippen LogP contribution in [0.3, 0.4) is 0 Å². The van der Waals surface area contributed by atoms with E-state index in [4.69, 9.17) is 4.74 Å². The van der Waals surface area contributed by atoms with Crippen LogP contribution in [0.2, 0.25) is 18.1 Å². The lowest BCUT2D eigenvalue weighted by molar-refractivity contribution is -0.136. The van der Waals surface area contributed by atoms with Crippen molar-refractivity contribution in [1.29, 1.82) is 0 Å². The first-order chi connectivity index (χ1) is 8.09. The van der Waals surface area contributed by atoms with E-state index < -0.39 is 8.07 Å². The summed E-state index contributed by atoms with van der Waals surface area (Å²) in [4.78, 5) is 11.8. The monoisotopic (exact) mass is 268 g/mol. The van der Waals surface area contributed by atoms with E-state index in [1.807, 2.05) is 13.0 Å². The Labute approximate surface area is 113 Å². The van der Waals surface area contributed by atoms with Gasteiger partial charge in [0.15, 0.2) is 0 Å². The predicted octanol–water partition coefficient (Wildman–Crippen LogP) is 4.49. The second-order valence-corrected chi connectivity index (χ2v) is 11.7. The Kier molecular flexibility index (Phi) is 6.07. The van der Waals surface area contributed by atoms with Gasteiger partial charge in [0, 0.05) is 5.57 Å². The topological polar surface area (TPSA) is 26.3 Å². The van der Waals surface area contributed by atoms with Gasteiger partial charge in [-0.1, -0.05) is 45.1 Å². The highest BCUT2D eigenvalue weighted by molar-refractivity contribution is 6.87. The minimum Gasteiger partial charge on any atom is -0.466 e. The number of carbonyl (C=O) groups excluding carboxylic acids is 1. The van der Waals surface area contributed by atoms with Crippen molar-refractivity contribution in [2.75, 3.05) is 7.11 Å². The van der Waals surface area contributed by atoms with Gasteiger partial charge in [-0.15, -0.1) is 6.58 Å². The number of rotatable bonds is 5. The predicted molar refractivity (Wildman–Crippen MR) is 81.3 cm³/mol. The molecule has 0 aromatic rings. The van der Waals surface area contributed by atoms with Crippen molar-refractivity contribution in [1.82, 2.24) is 0 Å². The lowest BCUT2D eigenvalue weighted by Crippen LogP contribution is -2.41. The molecule has 0 aliphatic carbocycles. The maximum absolute atomic E-state index is 11.8. The molecule has 0 unspecified atom stereocenters. The summed E-state index contributed by atoms with van der Waals surface area (Å²) in [5.74, 6) is -0.195. The molecule has 18 heavy (non-hydrogen) atoms. The summed E-state index contributed by atoms with van der Waals surface area (Å²) in [5, 5.41) is 1.53. The van der Waals surface area contributed by atoms with E-state index in [-0.39, 0.29) is 11.0 Å². The van der Waals surface area contributed by atoms with E-state index >= 15 is 0 Å². The number of allylic oxidation sites excluding steroid dienone is 2. The molecule has 0 radical (unpaired) electrons. The van der Waals surface area contributed by atoms with Gasteiger partial charge in [0.1, 0.15) is 0 Å². The SMILES string of the molecule is C=CCC/C(=C(\C)C(=O)OC)[Si](C)(C)C(C)(C)C. The summed E-state index contributed by atoms with van der Waals surface area (Å²) in [6.45, 7) is 17.1. The lowest BCUT2D eigenvalue weighted by Gasteiger charge is -2.40. The third-order valence-corrected chi connectivity index (χ3v) is 10.1. The molecule has 0 aliphatic rings. The summed E-state index contributed by atoms with van der Waals surface area (Å²) >= 11 is 0. The molecule has 0 amide bonds. The molecular formula is C15H28O2Si. The number of methoxy groups -OCH3 is 1. The Balaban J connectivity index is 5.63. The molecule has 0 spiro atoms. The van der Waals surface area contributed by atoms with E-state index in [9.17, 15) is 4.79 Å². The van der Waals surface area contributed by atoms with Gasteiger partial charge in [-0.3, -0.25) is 0 Å². The van der Waals surface area contributed by atoms with E-state index in [2.05, 4.69) is 40.4 Å². The summed E-state index contributed by atoms with van der Waals surface area (Å²) in [6, 6.07) is 0. The maximum atomic E-state index is 11.8. The molecule has 0 fully saturated rings. The van der Waals surface area contributed by atoms with E-state index in [0.29, 0.717) is 0 Å². The molecule has 2 nitrogen and oxygen atoms in total. The van der Waals surface area contributed by atoms with Crippen molar-refractivity contribution in [3.63, 3.8) is 0 Å². The van der Waals surface area contributed by atoms with Crippen LogP contribution in [-0.2, 0) is 9.53 Å². The van der Waals surface area contributed by atoms with Gasteiger partial charge in [0.05, 0.1) is 15.2 Å². The quantitative estimate of drug-likeness (QED) is 0.318. The van der Waals surface area contributed by atoms with Crippen LogP contribution in [0.4, 0.5) is 0 Å². The van der Waals surface area contributed by atoms with Gasteiger partial charge in [-0.05, 0) is 24.8 Å². The van der Waals surface area contributed by atoms with Gasteiger partial charge < -0.3 is 4.74 Å². The van der Waals surface area contributed by atoms with E-state index in [1.54, 1.807) is 0 Å². The Morgan fingerprint density at radius 1 is 1.33 bits per heavy atom. The molecule has 0 saturated heterocycles. The number of hydrogen-bond acceptors (Lipinski definition) is 2. The van der Waals surface area contributed by atoms with Gasteiger partial charge in [0.25, 0.3) is 0 Å². The first-order valence-electron chi connectivity index (χ1n) is 6.49. The zero-order chi connectivity index (χ0) is 14.6. The lowest BCUT2D eigenvalue weighted by atomic mass is 10.2. The Hall–Kier alpha value is -0.833. The molecule has 3 heteroatoms. The minimum absolute atomic E-state index is 0.195. The van der Waals surface area contributed by atoms with Gasteiger partial charge in [0.2, 0.25) is 0 Å². The molecule has 0 aromatic carbocycles. The largest absolute Gasteiger partial charge is 0.466 e. The molecule has 0 N–H and O–H groups in total. The zero-order valence-electron chi connectivity index (χ0n) is 13.0. The smallest absolute Gasteiger partial charge is 0.332 e. The van der Waals surface area contributed by atoms with Gasteiger partial charge in [-0.2, -0.15) is 0 Å². The second-order valence-electron chi connectivity index (χ2n) is 6.30. The highest BCUT2D eigenvalue weighted by Gasteiger charge is 2.39. The fraction of sp³-hybridized carbons (Fsp3) is 0.667. The van der Waals surface area contributed by atoms with Gasteiger partial charge >= 0.3 is 5.97 Å². The highest BCUT2D eigenvalue weighted by Crippen LogP contribution is 2.43. The molecule has 0 bridgehead atoms. The van der Waals surface area contributed by atoms with Crippen LogP contribution in [0.1, 0.15) is 40.5 Å². The second kappa shape index (κ2) is 6.37. The van der Waals surface area contributed by atoms with Crippen LogP contribution in [0.5, 0.6) is 0 Å². The minimum atomic E-state index is -1.68. The highest BCUT2D eigenvalue weighted by atomic mass is 28.3. The van der Waals surface area contributed by atoms with Crippen LogP contribution in [-0.4, -0.2) is 21.2 Å². The molecule has 0 aromatic heterocycles. The van der Waals surface area contributed by atoms with Crippen molar-refractivity contribution < 1.29 is 9.53 Å². The number of ether oxygens (including phenoxy) is 1. The number of esters is 1. The first-order valence-corrected chi connectivity index (χ1v) is 9.49. The standard InChI is InChI=1S/C15H28O2Si/c1-9-10-11-13(12(2)14(16)17-6)18(7,8)15(3,4)5/h9H,1,10-11H2,2-8H3/b13-12-. The van der Waals surface area contributed by atoms with Crippen molar-refractivity contribution in [2.24, 2.45) is 0 Å². The summed E-state index contributed by atoms with van der Waals surface area (Å²) < 4.78 is 4.88. The van der Waals surface area contributed by atoms with E-state index in [1.165, 1.54) is 12.3 Å². The molecule has 0 rings (SSSR count). The maximum Gasteiger partial charge on any atom is 0.332 e. The molecule has 0 saturated carbocycles. The third-order valence-electron chi connectivity index (χ3n) is 4.17. The van der Waals surface area contributed by atoms with Crippen LogP contribution >= 0.6 is 0 Å². The van der Waals surface area contributed by atoms with Crippen LogP contribution < -0.4 is 0 Å². The van der Waals surface area contributed by atoms with E-state index in [0.717, 1.165) is 18.4 Å². The average molecular weight is 268 g/mol. The zero-order valence-corrected chi connectivity index (χ0v) is 14.0. The van der Waals surface area contributed by atoms with Crippen molar-refractivity contribution in [2.45, 2.75) is 58.7 Å². The number of carbonyl (C=O) groups is 1. The fourth-order valence-corrected chi connectivity index (χ4v) is 4.66. The molecule has 0 heterocycles. The third kappa shape index (κ3) is 3.84. The molecule has 0 aliphatic heterocycles. The first kappa shape index (κ1) is 17.2. The van der Waals surface area contributed by atoms with Gasteiger partial charge in [-0.25, -0.2) is 4.79 Å². The Bertz CT molecular complexity index is 346. The number of hydrogen-bond donors (Lipinski definition) is 0. The van der Waals surface area contributed by atoms with Crippen LogP contribution in [0, 0.1) is 0 Å². The molecular weight excluding hydrogens is 240 g/mol. The average Bonchev–Trinajstić information content (AvgIpc) is 2.26. The molecule has 104 valence electrons. The summed E-state index contributed by atoms with van der Waals surface area (Å²) in [7, 11) is -0.236. The Morgan fingerprint density at radius 3 is 2.17 bits per heavy atom. The van der Waals surface area contributed by atoms with Crippen molar-refractivity contribution in [3.8, 4) is 0 Å². The van der Waals surface area contributed by atoms with Crippen LogP contribution in [0.15, 0.2) is 23.4 Å². The molecule has 0 atom stereocenters. The van der Waals surface area contributed by atoms with Crippen molar-refractivity contribution in [3.05, 3.63) is 23.4 Å². The summed E-state index contributed by atoms with van der Waals surface area (Å²) in [6.07, 6.45) is 3.74. The normalized spacial score (nSPS) is 13.9. The van der Waals surface area contributed by atoms with Crippen LogP contribution in [0.25, 0.3) is 0 Å². The fourth-order valence-electron chi connectivity index (χ4n) is 1.94.